The lowest BCUT2D eigenvalue weighted by Crippen LogP contribution is -1.95. The quantitative estimate of drug-likeness (QED) is 0.342. The van der Waals surface area contributed by atoms with Crippen LogP contribution in [0.2, 0.25) is 0 Å². The Hall–Kier alpha value is 1.01. The average molecular weight is 516 g/mol. The zero-order valence-electron chi connectivity index (χ0n) is 6.74. The Balaban J connectivity index is 3.56. The number of hydrogen-bond acceptors (Lipinski definition) is 2. The topological polar surface area (TPSA) is 40.5 Å². The van der Waals surface area contributed by atoms with E-state index < -0.39 is 0 Å². The van der Waals surface area contributed by atoms with Crippen molar-refractivity contribution < 1.29 is 10.2 Å². The van der Waals surface area contributed by atoms with Crippen molar-refractivity contribution in [3.63, 3.8) is 0 Å². The third kappa shape index (κ3) is 2.16. The molecule has 0 radical (unpaired) electrons. The van der Waals surface area contributed by atoms with Gasteiger partial charge in [0.25, 0.3) is 0 Å². The Morgan fingerprint density at radius 1 is 0.923 bits per heavy atom. The van der Waals surface area contributed by atoms with Crippen LogP contribution in [0.5, 0.6) is 11.5 Å². The maximum atomic E-state index is 9.62. The molecule has 0 unspecified atom stereocenters. The first-order chi connectivity index (χ1) is 6.00. The molecular weight excluding hydrogens is 509 g/mol. The van der Waals surface area contributed by atoms with Gasteiger partial charge in [0.05, 0.1) is 3.57 Å². The van der Waals surface area contributed by atoms with Gasteiger partial charge in [-0.15, -0.1) is 0 Å². The van der Waals surface area contributed by atoms with Gasteiger partial charge in [-0.05, 0) is 74.2 Å². The summed E-state index contributed by atoms with van der Waals surface area (Å²) in [6, 6.07) is 0. The molecule has 0 bridgehead atoms. The number of hydrogen-bond donors (Lipinski definition) is 2. The molecule has 0 saturated carbocycles. The Morgan fingerprint density at radius 2 is 1.46 bits per heavy atom. The standard InChI is InChI=1S/C8H7I3O2/c1-2-3-4(9)5(10)6(11)8(13)7(3)12/h12-13H,2H2,1H3. The number of phenols is 2. The SMILES string of the molecule is CCc1c(O)c(O)c(I)c(I)c1I. The van der Waals surface area contributed by atoms with E-state index in [1.807, 2.05) is 29.5 Å². The predicted octanol–water partition coefficient (Wildman–Crippen LogP) is 3.47. The maximum Gasteiger partial charge on any atom is 0.172 e. The molecule has 72 valence electrons. The second-order valence-corrected chi connectivity index (χ2v) is 5.71. The molecule has 0 amide bonds. The van der Waals surface area contributed by atoms with Crippen molar-refractivity contribution in [2.24, 2.45) is 0 Å². The molecule has 0 aliphatic heterocycles. The Morgan fingerprint density at radius 3 is 1.92 bits per heavy atom. The highest BCUT2D eigenvalue weighted by molar-refractivity contribution is 14.1. The largest absolute Gasteiger partial charge is 0.504 e. The van der Waals surface area contributed by atoms with Crippen molar-refractivity contribution in [2.75, 3.05) is 0 Å². The lowest BCUT2D eigenvalue weighted by atomic mass is 10.1. The number of halogens is 3. The summed E-state index contributed by atoms with van der Waals surface area (Å²) < 4.78 is 2.75. The minimum Gasteiger partial charge on any atom is -0.504 e. The van der Waals surface area contributed by atoms with Gasteiger partial charge < -0.3 is 10.2 Å². The Labute approximate surface area is 118 Å². The molecule has 1 aromatic rings. The summed E-state index contributed by atoms with van der Waals surface area (Å²) in [4.78, 5) is 0. The van der Waals surface area contributed by atoms with E-state index in [0.717, 1.165) is 22.7 Å². The van der Waals surface area contributed by atoms with E-state index in [4.69, 9.17) is 0 Å². The molecule has 13 heavy (non-hydrogen) atoms. The lowest BCUT2D eigenvalue weighted by Gasteiger charge is -2.11. The van der Waals surface area contributed by atoms with Crippen LogP contribution in [-0.2, 0) is 6.42 Å². The molecule has 1 aromatic carbocycles. The minimum atomic E-state index is 0.00210. The van der Waals surface area contributed by atoms with Crippen LogP contribution in [0, 0.1) is 10.7 Å². The van der Waals surface area contributed by atoms with Gasteiger partial charge in [-0.1, -0.05) is 6.92 Å². The molecule has 0 aliphatic rings. The second kappa shape index (κ2) is 4.69. The van der Waals surface area contributed by atoms with Gasteiger partial charge in [0.15, 0.2) is 11.5 Å². The molecule has 2 N–H and O–H groups in total. The maximum absolute atomic E-state index is 9.62. The summed E-state index contributed by atoms with van der Waals surface area (Å²) in [7, 11) is 0. The summed E-state index contributed by atoms with van der Waals surface area (Å²) in [5.74, 6) is 0.0268. The molecule has 2 nitrogen and oxygen atoms in total. The van der Waals surface area contributed by atoms with E-state index in [0.29, 0.717) is 0 Å². The predicted molar refractivity (Wildman–Crippen MR) is 77.3 cm³/mol. The van der Waals surface area contributed by atoms with Crippen molar-refractivity contribution >= 4 is 67.8 Å². The van der Waals surface area contributed by atoms with Gasteiger partial charge in [-0.3, -0.25) is 0 Å². The van der Waals surface area contributed by atoms with Crippen LogP contribution in [0.1, 0.15) is 12.5 Å². The smallest absolute Gasteiger partial charge is 0.172 e. The number of benzene rings is 1. The highest BCUT2D eigenvalue weighted by atomic mass is 127. The van der Waals surface area contributed by atoms with Crippen molar-refractivity contribution in [3.8, 4) is 11.5 Å². The van der Waals surface area contributed by atoms with Crippen molar-refractivity contribution in [2.45, 2.75) is 13.3 Å². The first-order valence-electron chi connectivity index (χ1n) is 3.57. The highest BCUT2D eigenvalue weighted by Gasteiger charge is 2.17. The summed E-state index contributed by atoms with van der Waals surface area (Å²) in [5, 5.41) is 19.2. The Kier molecular flexibility index (Phi) is 4.36. The first kappa shape index (κ1) is 12.1. The summed E-state index contributed by atoms with van der Waals surface area (Å²) in [6.07, 6.45) is 0.727. The van der Waals surface area contributed by atoms with Crippen molar-refractivity contribution in [3.05, 3.63) is 16.3 Å². The van der Waals surface area contributed by atoms with Gasteiger partial charge in [0, 0.05) is 12.7 Å². The molecule has 0 spiro atoms. The van der Waals surface area contributed by atoms with E-state index in [-0.39, 0.29) is 11.5 Å². The zero-order valence-corrected chi connectivity index (χ0v) is 13.2. The van der Waals surface area contributed by atoms with Gasteiger partial charge in [0.1, 0.15) is 0 Å². The summed E-state index contributed by atoms with van der Waals surface area (Å²) in [5.41, 5.74) is 0.822. The van der Waals surface area contributed by atoms with Crippen LogP contribution in [0.25, 0.3) is 0 Å². The van der Waals surface area contributed by atoms with Gasteiger partial charge >= 0.3 is 0 Å². The van der Waals surface area contributed by atoms with Gasteiger partial charge in [-0.2, -0.15) is 0 Å². The van der Waals surface area contributed by atoms with E-state index in [1.54, 1.807) is 0 Å². The molecule has 5 heteroatoms. The fraction of sp³-hybridized carbons (Fsp3) is 0.250. The molecule has 0 saturated heterocycles. The average Bonchev–Trinajstić information content (AvgIpc) is 2.13. The molecule has 0 atom stereocenters. The van der Waals surface area contributed by atoms with Crippen LogP contribution >= 0.6 is 67.8 Å². The molecule has 0 heterocycles. The normalized spacial score (nSPS) is 10.5. The third-order valence-electron chi connectivity index (χ3n) is 1.72. The van der Waals surface area contributed by atoms with E-state index in [1.165, 1.54) is 0 Å². The van der Waals surface area contributed by atoms with Crippen molar-refractivity contribution in [1.29, 1.82) is 0 Å². The Bertz CT molecular complexity index is 321. The van der Waals surface area contributed by atoms with Crippen molar-refractivity contribution in [1.82, 2.24) is 0 Å². The van der Waals surface area contributed by atoms with Crippen LogP contribution in [0.3, 0.4) is 0 Å². The van der Waals surface area contributed by atoms with Crippen LogP contribution in [0.15, 0.2) is 0 Å². The van der Waals surface area contributed by atoms with E-state index >= 15 is 0 Å². The monoisotopic (exact) mass is 516 g/mol. The minimum absolute atomic E-state index is 0.00210. The second-order valence-electron chi connectivity index (χ2n) is 2.47. The number of aromatic hydroxyl groups is 2. The number of rotatable bonds is 1. The lowest BCUT2D eigenvalue weighted by molar-refractivity contribution is 0.396. The fourth-order valence-corrected chi connectivity index (χ4v) is 3.53. The molecular formula is C8H7I3O2. The summed E-state index contributed by atoms with van der Waals surface area (Å²) in [6.45, 7) is 1.96. The third-order valence-corrected chi connectivity index (χ3v) is 7.11. The highest BCUT2D eigenvalue weighted by Crippen LogP contribution is 2.40. The van der Waals surface area contributed by atoms with E-state index in [2.05, 4.69) is 45.2 Å². The van der Waals surface area contributed by atoms with Gasteiger partial charge in [-0.25, -0.2) is 0 Å². The summed E-state index contributed by atoms with van der Waals surface area (Å²) >= 11 is 6.39. The first-order valence-corrected chi connectivity index (χ1v) is 6.81. The van der Waals surface area contributed by atoms with Crippen LogP contribution < -0.4 is 0 Å². The zero-order chi connectivity index (χ0) is 10.2. The van der Waals surface area contributed by atoms with Gasteiger partial charge in [0.2, 0.25) is 0 Å². The van der Waals surface area contributed by atoms with Crippen LogP contribution in [-0.4, -0.2) is 10.2 Å². The molecule has 1 rings (SSSR count). The molecule has 0 aromatic heterocycles. The molecule has 0 aliphatic carbocycles. The van der Waals surface area contributed by atoms with Crippen LogP contribution in [0.4, 0.5) is 0 Å². The molecule has 0 fully saturated rings. The number of phenolic OH excluding ortho intramolecular Hbond substituents is 2. The van der Waals surface area contributed by atoms with E-state index in [9.17, 15) is 10.2 Å². The fourth-order valence-electron chi connectivity index (χ4n) is 1.01.